The van der Waals surface area contributed by atoms with E-state index in [0.29, 0.717) is 6.42 Å². The summed E-state index contributed by atoms with van der Waals surface area (Å²) in [6.45, 7) is 1.94. The van der Waals surface area contributed by atoms with E-state index in [0.717, 1.165) is 32.0 Å². The first kappa shape index (κ1) is 17.5. The van der Waals surface area contributed by atoms with E-state index in [1.54, 1.807) is 23.1 Å². The summed E-state index contributed by atoms with van der Waals surface area (Å²) in [7, 11) is 1.60. The number of thiophene rings is 1. The second-order valence-corrected chi connectivity index (χ2v) is 6.92. The third-order valence-electron chi connectivity index (χ3n) is 3.60. The fraction of sp³-hybridized carbons (Fsp3) is 0.176. The van der Waals surface area contributed by atoms with Crippen LogP contribution in [0, 0.1) is 0 Å². The summed E-state index contributed by atoms with van der Waals surface area (Å²) in [4.78, 5) is 12.0. The quantitative estimate of drug-likeness (QED) is 0.586. The first-order valence-corrected chi connectivity index (χ1v) is 9.12. The number of ether oxygens (including phenoxy) is 2. The number of carboxylic acid groups (broad SMARTS) is 1. The van der Waals surface area contributed by atoms with Crippen LogP contribution in [0.25, 0.3) is 16.3 Å². The Labute approximate surface area is 156 Å². The monoisotopic (exact) mass is 422 g/mol. The Kier molecular flexibility index (Phi) is 5.10. The van der Waals surface area contributed by atoms with Gasteiger partial charge in [0.15, 0.2) is 0 Å². The first-order chi connectivity index (χ1) is 12.0. The number of benzene rings is 1. The van der Waals surface area contributed by atoms with Crippen molar-refractivity contribution in [3.63, 3.8) is 0 Å². The molecule has 2 aromatic heterocycles. The van der Waals surface area contributed by atoms with Gasteiger partial charge >= 0.3 is 6.16 Å². The predicted octanol–water partition coefficient (Wildman–Crippen LogP) is 4.99. The van der Waals surface area contributed by atoms with Gasteiger partial charge in [-0.15, -0.1) is 16.4 Å². The van der Waals surface area contributed by atoms with Crippen molar-refractivity contribution in [3.8, 4) is 27.9 Å². The third-order valence-corrected chi connectivity index (χ3v) is 5.30. The summed E-state index contributed by atoms with van der Waals surface area (Å²) in [5.74, 6) is 0.833. The largest absolute Gasteiger partial charge is 0.512 e. The van der Waals surface area contributed by atoms with Gasteiger partial charge in [0.2, 0.25) is 5.88 Å². The number of aromatic nitrogens is 2. The number of hydrogen-bond donors (Lipinski definition) is 1. The van der Waals surface area contributed by atoms with Gasteiger partial charge in [0.05, 0.1) is 23.4 Å². The van der Waals surface area contributed by atoms with Crippen molar-refractivity contribution >= 4 is 33.4 Å². The van der Waals surface area contributed by atoms with E-state index in [1.807, 2.05) is 42.6 Å². The molecule has 0 amide bonds. The highest BCUT2D eigenvalue weighted by Gasteiger charge is 2.23. The van der Waals surface area contributed by atoms with Gasteiger partial charge in [-0.3, -0.25) is 0 Å². The lowest BCUT2D eigenvalue weighted by atomic mass is 10.1. The van der Waals surface area contributed by atoms with Crippen molar-refractivity contribution in [2.24, 2.45) is 0 Å². The van der Waals surface area contributed by atoms with Crippen LogP contribution in [0.5, 0.6) is 11.6 Å². The van der Waals surface area contributed by atoms with Gasteiger partial charge in [-0.2, -0.15) is 0 Å². The standard InChI is InChI=1S/C17H15BrN2O4S/c1-3-13-15(14-8-10(18)9-25-14)20(19-16(13)24-17(21)22)11-4-6-12(23-2)7-5-11/h4-9H,3H2,1-2H3,(H,21,22). The SMILES string of the molecule is CCc1c(OC(=O)O)nn(-c2ccc(OC)cc2)c1-c1cc(Br)cs1. The average molecular weight is 423 g/mol. The minimum absolute atomic E-state index is 0.102. The van der Waals surface area contributed by atoms with Crippen LogP contribution in [-0.4, -0.2) is 28.2 Å². The molecule has 0 atom stereocenters. The van der Waals surface area contributed by atoms with Crippen LogP contribution >= 0.6 is 27.3 Å². The Balaban J connectivity index is 2.20. The fourth-order valence-electron chi connectivity index (χ4n) is 2.51. The van der Waals surface area contributed by atoms with Gasteiger partial charge in [0.25, 0.3) is 0 Å². The maximum Gasteiger partial charge on any atom is 0.512 e. The lowest BCUT2D eigenvalue weighted by Crippen LogP contribution is -2.05. The molecule has 0 aliphatic rings. The summed E-state index contributed by atoms with van der Waals surface area (Å²) in [5, 5.41) is 15.4. The van der Waals surface area contributed by atoms with Crippen LogP contribution < -0.4 is 9.47 Å². The van der Waals surface area contributed by atoms with E-state index < -0.39 is 6.16 Å². The molecule has 1 aromatic carbocycles. The molecule has 2 heterocycles. The van der Waals surface area contributed by atoms with Crippen molar-refractivity contribution in [1.82, 2.24) is 9.78 Å². The number of carbonyl (C=O) groups is 1. The van der Waals surface area contributed by atoms with E-state index in [9.17, 15) is 4.79 Å². The minimum Gasteiger partial charge on any atom is -0.497 e. The zero-order chi connectivity index (χ0) is 18.0. The number of nitrogens with zero attached hydrogens (tertiary/aromatic N) is 2. The molecule has 0 saturated heterocycles. The minimum atomic E-state index is -1.38. The van der Waals surface area contributed by atoms with E-state index >= 15 is 0 Å². The first-order valence-electron chi connectivity index (χ1n) is 7.45. The number of methoxy groups -OCH3 is 1. The Hall–Kier alpha value is -2.32. The molecule has 25 heavy (non-hydrogen) atoms. The summed E-state index contributed by atoms with van der Waals surface area (Å²) in [5.41, 5.74) is 2.35. The molecule has 130 valence electrons. The van der Waals surface area contributed by atoms with Crippen molar-refractivity contribution in [2.45, 2.75) is 13.3 Å². The molecule has 0 aliphatic heterocycles. The van der Waals surface area contributed by atoms with Gasteiger partial charge in [-0.25, -0.2) is 9.48 Å². The zero-order valence-corrected chi connectivity index (χ0v) is 15.9. The fourth-order valence-corrected chi connectivity index (χ4v) is 4.00. The summed E-state index contributed by atoms with van der Waals surface area (Å²) >= 11 is 5.01. The van der Waals surface area contributed by atoms with Crippen LogP contribution in [0.2, 0.25) is 0 Å². The van der Waals surface area contributed by atoms with Gasteiger partial charge in [-0.1, -0.05) is 6.92 Å². The number of halogens is 1. The number of hydrogen-bond acceptors (Lipinski definition) is 5. The molecule has 8 heteroatoms. The van der Waals surface area contributed by atoms with Crippen molar-refractivity contribution in [2.75, 3.05) is 7.11 Å². The van der Waals surface area contributed by atoms with Gasteiger partial charge in [0, 0.05) is 15.4 Å². The molecular formula is C17H15BrN2O4S. The van der Waals surface area contributed by atoms with Crippen LogP contribution in [0.3, 0.4) is 0 Å². The lowest BCUT2D eigenvalue weighted by Gasteiger charge is -2.08. The summed E-state index contributed by atoms with van der Waals surface area (Å²) in [6, 6.07) is 9.36. The zero-order valence-electron chi connectivity index (χ0n) is 13.5. The maximum absolute atomic E-state index is 11.0. The number of rotatable bonds is 5. The second kappa shape index (κ2) is 7.28. The van der Waals surface area contributed by atoms with Gasteiger partial charge < -0.3 is 14.6 Å². The van der Waals surface area contributed by atoms with E-state index in [2.05, 4.69) is 21.0 Å². The van der Waals surface area contributed by atoms with Crippen molar-refractivity contribution in [1.29, 1.82) is 0 Å². The Morgan fingerprint density at radius 2 is 2.08 bits per heavy atom. The predicted molar refractivity (Wildman–Crippen MR) is 99.2 cm³/mol. The second-order valence-electron chi connectivity index (χ2n) is 5.09. The molecule has 0 aliphatic carbocycles. The average Bonchev–Trinajstić information content (AvgIpc) is 3.17. The molecule has 3 aromatic rings. The van der Waals surface area contributed by atoms with E-state index in [-0.39, 0.29) is 5.88 Å². The van der Waals surface area contributed by atoms with Gasteiger partial charge in [0.1, 0.15) is 5.75 Å². The molecular weight excluding hydrogens is 408 g/mol. The molecule has 0 radical (unpaired) electrons. The molecule has 0 fully saturated rings. The molecule has 0 bridgehead atoms. The van der Waals surface area contributed by atoms with Crippen LogP contribution in [0.1, 0.15) is 12.5 Å². The molecule has 0 saturated carbocycles. The summed E-state index contributed by atoms with van der Waals surface area (Å²) < 4.78 is 12.8. The Bertz CT molecular complexity index is 902. The van der Waals surface area contributed by atoms with Gasteiger partial charge in [-0.05, 0) is 52.7 Å². The lowest BCUT2D eigenvalue weighted by molar-refractivity contribution is 0.142. The highest BCUT2D eigenvalue weighted by atomic mass is 79.9. The molecule has 1 N–H and O–H groups in total. The van der Waals surface area contributed by atoms with Crippen LogP contribution in [0.15, 0.2) is 40.2 Å². The summed E-state index contributed by atoms with van der Waals surface area (Å²) in [6.07, 6.45) is -0.795. The third kappa shape index (κ3) is 3.54. The van der Waals surface area contributed by atoms with Crippen molar-refractivity contribution in [3.05, 3.63) is 45.7 Å². The van der Waals surface area contributed by atoms with Crippen LogP contribution in [0.4, 0.5) is 4.79 Å². The van der Waals surface area contributed by atoms with E-state index in [4.69, 9.17) is 14.6 Å². The Morgan fingerprint density at radius 3 is 2.60 bits per heavy atom. The molecule has 0 spiro atoms. The topological polar surface area (TPSA) is 73.6 Å². The highest BCUT2D eigenvalue weighted by molar-refractivity contribution is 9.10. The van der Waals surface area contributed by atoms with Crippen molar-refractivity contribution < 1.29 is 19.4 Å². The maximum atomic E-state index is 11.0. The smallest absolute Gasteiger partial charge is 0.497 e. The van der Waals surface area contributed by atoms with Crippen LogP contribution in [-0.2, 0) is 6.42 Å². The normalized spacial score (nSPS) is 10.7. The molecule has 3 rings (SSSR count). The Morgan fingerprint density at radius 1 is 1.36 bits per heavy atom. The molecule has 6 nitrogen and oxygen atoms in total. The van der Waals surface area contributed by atoms with E-state index in [1.165, 1.54) is 0 Å². The highest BCUT2D eigenvalue weighted by Crippen LogP contribution is 2.38. The molecule has 0 unspecified atom stereocenters.